The van der Waals surface area contributed by atoms with Gasteiger partial charge in [0, 0.05) is 43.4 Å². The van der Waals surface area contributed by atoms with Crippen molar-refractivity contribution in [1.82, 2.24) is 9.88 Å². The van der Waals surface area contributed by atoms with E-state index in [0.717, 1.165) is 0 Å². The maximum absolute atomic E-state index is 13.4. The van der Waals surface area contributed by atoms with Crippen LogP contribution in [0.15, 0.2) is 35.3 Å². The number of piperazine rings is 1. The van der Waals surface area contributed by atoms with Crippen LogP contribution in [-0.4, -0.2) is 70.2 Å². The number of alkyl halides is 2. The van der Waals surface area contributed by atoms with Crippen LogP contribution in [0, 0.1) is 22.1 Å². The van der Waals surface area contributed by atoms with Crippen LogP contribution in [0.4, 0.5) is 14.5 Å². The quantitative estimate of drug-likeness (QED) is 0.287. The van der Waals surface area contributed by atoms with E-state index in [2.05, 4.69) is 9.98 Å². The number of aliphatic imine (C=N–C) groups is 1. The standard InChI is InChI=1S/C25H28F2N8O3/c1-13(36)35-8-7-34(23(37)24(35,2)3)15-6-4-5-14(9-15)18-10-16(19(33-18)20(29)32-12-28)21(30)38-22(31)17-11-25(17,26)27/h4-6,9-10,12,17,30-31,33H,7-8,11H2,1-3H3,(H3,28,29,32). The Bertz CT molecular complexity index is 1380. The molecule has 2 aliphatic rings. The fraction of sp³-hybridized carbons (Fsp3) is 0.360. The summed E-state index contributed by atoms with van der Waals surface area (Å²) in [5, 5.41) is 23.3. The number of aromatic amines is 1. The lowest BCUT2D eigenvalue weighted by Crippen LogP contribution is -2.64. The van der Waals surface area contributed by atoms with E-state index in [9.17, 15) is 18.4 Å². The second-order valence-corrected chi connectivity index (χ2v) is 9.67. The second kappa shape index (κ2) is 9.47. The van der Waals surface area contributed by atoms with Gasteiger partial charge in [-0.05, 0) is 32.0 Å². The number of aromatic nitrogens is 1. The number of nitrogens with one attached hydrogen (secondary N) is 4. The molecule has 11 nitrogen and oxygen atoms in total. The van der Waals surface area contributed by atoms with Gasteiger partial charge in [0.05, 0.1) is 11.3 Å². The number of nitrogens with two attached hydrogens (primary N) is 1. The average Bonchev–Trinajstić information content (AvgIpc) is 3.27. The van der Waals surface area contributed by atoms with Crippen LogP contribution in [0.2, 0.25) is 0 Å². The van der Waals surface area contributed by atoms with Crippen LogP contribution in [0.25, 0.3) is 11.3 Å². The molecule has 200 valence electrons. The van der Waals surface area contributed by atoms with E-state index in [0.29, 0.717) is 36.4 Å². The first-order chi connectivity index (χ1) is 17.8. The molecule has 2 amide bonds. The van der Waals surface area contributed by atoms with E-state index in [1.807, 2.05) is 0 Å². The fourth-order valence-electron chi connectivity index (χ4n) is 4.52. The van der Waals surface area contributed by atoms with Gasteiger partial charge < -0.3 is 25.3 Å². The summed E-state index contributed by atoms with van der Waals surface area (Å²) in [6.07, 6.45) is 0.205. The normalized spacial score (nSPS) is 20.2. The molecule has 4 rings (SSSR count). The third-order valence-corrected chi connectivity index (χ3v) is 6.72. The Morgan fingerprint density at radius 2 is 1.95 bits per heavy atom. The van der Waals surface area contributed by atoms with Gasteiger partial charge in [-0.2, -0.15) is 0 Å². The second-order valence-electron chi connectivity index (χ2n) is 9.67. The number of carbonyl (C=O) groups excluding carboxylic acids is 2. The molecule has 6 N–H and O–H groups in total. The number of nitrogens with zero attached hydrogens (tertiary/aromatic N) is 3. The molecule has 1 saturated heterocycles. The maximum Gasteiger partial charge on any atom is 0.260 e. The van der Waals surface area contributed by atoms with E-state index in [1.165, 1.54) is 17.9 Å². The molecule has 1 saturated carbocycles. The van der Waals surface area contributed by atoms with Crippen LogP contribution in [0.3, 0.4) is 0 Å². The van der Waals surface area contributed by atoms with Crippen molar-refractivity contribution in [1.29, 1.82) is 16.2 Å². The molecule has 13 heteroatoms. The number of benzene rings is 1. The van der Waals surface area contributed by atoms with E-state index in [-0.39, 0.29) is 28.9 Å². The molecule has 1 aliphatic heterocycles. The number of H-pyrrole nitrogens is 1. The first-order valence-electron chi connectivity index (χ1n) is 11.8. The number of amidine groups is 1. The number of amides is 2. The summed E-state index contributed by atoms with van der Waals surface area (Å²) < 4.78 is 31.8. The zero-order chi connectivity index (χ0) is 28.0. The lowest BCUT2D eigenvalue weighted by molar-refractivity contribution is -0.145. The predicted octanol–water partition coefficient (Wildman–Crippen LogP) is 2.94. The van der Waals surface area contributed by atoms with Gasteiger partial charge in [-0.15, -0.1) is 0 Å². The van der Waals surface area contributed by atoms with Crippen LogP contribution in [0.5, 0.6) is 0 Å². The number of hydrogen-bond donors (Lipinski definition) is 5. The van der Waals surface area contributed by atoms with Gasteiger partial charge in [-0.1, -0.05) is 12.1 Å². The number of anilines is 1. The number of ether oxygens (including phenoxy) is 1. The van der Waals surface area contributed by atoms with Gasteiger partial charge in [0.2, 0.25) is 11.8 Å². The van der Waals surface area contributed by atoms with E-state index in [1.54, 1.807) is 43.0 Å². The highest BCUT2D eigenvalue weighted by Gasteiger charge is 2.61. The zero-order valence-corrected chi connectivity index (χ0v) is 21.1. The predicted molar refractivity (Wildman–Crippen MR) is 138 cm³/mol. The van der Waals surface area contributed by atoms with Gasteiger partial charge in [-0.3, -0.25) is 25.8 Å². The van der Waals surface area contributed by atoms with Gasteiger partial charge in [0.25, 0.3) is 11.8 Å². The monoisotopic (exact) mass is 526 g/mol. The molecule has 1 aliphatic carbocycles. The van der Waals surface area contributed by atoms with Crippen molar-refractivity contribution in [2.24, 2.45) is 16.6 Å². The lowest BCUT2D eigenvalue weighted by atomic mass is 9.96. The summed E-state index contributed by atoms with van der Waals surface area (Å²) in [6.45, 7) is 5.49. The average molecular weight is 527 g/mol. The van der Waals surface area contributed by atoms with Crippen LogP contribution >= 0.6 is 0 Å². The topological polar surface area (TPSA) is 176 Å². The van der Waals surface area contributed by atoms with Crippen LogP contribution < -0.4 is 10.6 Å². The Morgan fingerprint density at radius 3 is 2.55 bits per heavy atom. The SMILES string of the molecule is CC(=O)N1CCN(c2cccc(-c3cc(C(=N)OC(=N)C4CC4(F)F)c(C(N)=NC=N)[nH]3)c2)C(=O)C1(C)C. The Kier molecular flexibility index (Phi) is 6.64. The van der Waals surface area contributed by atoms with Crippen molar-refractivity contribution < 1.29 is 23.1 Å². The number of carbonyl (C=O) groups is 2. The first kappa shape index (κ1) is 26.6. The Labute approximate surface area is 217 Å². The Balaban J connectivity index is 1.66. The van der Waals surface area contributed by atoms with E-state index in [4.69, 9.17) is 26.7 Å². The maximum atomic E-state index is 13.4. The summed E-state index contributed by atoms with van der Waals surface area (Å²) in [4.78, 5) is 35.2. The van der Waals surface area contributed by atoms with Crippen molar-refractivity contribution in [3.05, 3.63) is 41.6 Å². The third-order valence-electron chi connectivity index (χ3n) is 6.72. The minimum absolute atomic E-state index is 0.0644. The minimum Gasteiger partial charge on any atom is -0.425 e. The molecule has 2 fully saturated rings. The van der Waals surface area contributed by atoms with Gasteiger partial charge >= 0.3 is 0 Å². The Hall–Kier alpha value is -4.42. The van der Waals surface area contributed by atoms with Crippen molar-refractivity contribution >= 4 is 41.5 Å². The highest BCUT2D eigenvalue weighted by atomic mass is 19.3. The molecule has 0 spiro atoms. The summed E-state index contributed by atoms with van der Waals surface area (Å²) in [6, 6.07) is 8.51. The fourth-order valence-corrected chi connectivity index (χ4v) is 4.52. The number of hydrogen-bond acceptors (Lipinski definition) is 6. The molecule has 1 aromatic carbocycles. The third kappa shape index (κ3) is 4.78. The molecule has 0 radical (unpaired) electrons. The highest BCUT2D eigenvalue weighted by molar-refractivity contribution is 6.11. The van der Waals surface area contributed by atoms with Crippen molar-refractivity contribution in [3.8, 4) is 11.3 Å². The van der Waals surface area contributed by atoms with Gasteiger partial charge in [-0.25, -0.2) is 13.8 Å². The molecule has 38 heavy (non-hydrogen) atoms. The molecule has 0 bridgehead atoms. The summed E-state index contributed by atoms with van der Waals surface area (Å²) in [7, 11) is 0. The molecule has 1 unspecified atom stereocenters. The molecule has 2 heterocycles. The smallest absolute Gasteiger partial charge is 0.260 e. The molecule has 1 aromatic heterocycles. The van der Waals surface area contributed by atoms with Gasteiger partial charge in [0.1, 0.15) is 23.6 Å². The summed E-state index contributed by atoms with van der Waals surface area (Å²) >= 11 is 0. The molecule has 2 aromatic rings. The van der Waals surface area contributed by atoms with Crippen molar-refractivity contribution in [2.45, 2.75) is 38.7 Å². The van der Waals surface area contributed by atoms with E-state index < -0.39 is 35.6 Å². The first-order valence-corrected chi connectivity index (χ1v) is 11.8. The lowest BCUT2D eigenvalue weighted by Gasteiger charge is -2.45. The van der Waals surface area contributed by atoms with E-state index >= 15 is 0 Å². The minimum atomic E-state index is -3.02. The summed E-state index contributed by atoms with van der Waals surface area (Å²) in [5.74, 6) is -6.26. The number of halogens is 2. The zero-order valence-electron chi connectivity index (χ0n) is 21.1. The highest BCUT2D eigenvalue weighted by Crippen LogP contribution is 2.49. The van der Waals surface area contributed by atoms with Crippen molar-refractivity contribution in [3.63, 3.8) is 0 Å². The summed E-state index contributed by atoms with van der Waals surface area (Å²) in [5.41, 5.74) is 6.76. The Morgan fingerprint density at radius 1 is 1.26 bits per heavy atom. The largest absolute Gasteiger partial charge is 0.425 e. The molecular formula is C25H28F2N8O3. The number of rotatable bonds is 6. The molecular weight excluding hydrogens is 498 g/mol. The van der Waals surface area contributed by atoms with Crippen molar-refractivity contribution in [2.75, 3.05) is 18.0 Å². The molecule has 1 atom stereocenters. The van der Waals surface area contributed by atoms with Crippen LogP contribution in [0.1, 0.15) is 38.4 Å². The van der Waals surface area contributed by atoms with Crippen LogP contribution in [-0.2, 0) is 14.3 Å². The van der Waals surface area contributed by atoms with Gasteiger partial charge in [0.15, 0.2) is 5.90 Å².